The number of fused-ring (bicyclic) bond motifs is 2. The van der Waals surface area contributed by atoms with Crippen molar-refractivity contribution in [2.45, 2.75) is 0 Å². The minimum atomic E-state index is 0.405. The average molecular weight is 267 g/mol. The van der Waals surface area contributed by atoms with Crippen molar-refractivity contribution < 1.29 is 14.2 Å². The molecule has 1 aromatic heterocycles. The third kappa shape index (κ3) is 2.19. The van der Waals surface area contributed by atoms with Crippen LogP contribution in [-0.4, -0.2) is 36.4 Å². The largest absolute Gasteiger partial charge is 0.487 e. The monoisotopic (exact) mass is 266 g/mol. The molecule has 0 radical (unpaired) electrons. The molecule has 0 spiro atoms. The Morgan fingerprint density at radius 1 is 0.944 bits per heavy atom. The number of halogens is 1. The smallest absolute Gasteiger partial charge is 0.163 e. The minimum Gasteiger partial charge on any atom is -0.487 e. The van der Waals surface area contributed by atoms with E-state index >= 15 is 0 Å². The molecule has 0 saturated carbocycles. The third-order valence-electron chi connectivity index (χ3n) is 2.62. The zero-order chi connectivity index (χ0) is 12.4. The lowest BCUT2D eigenvalue weighted by atomic mass is 10.2. The first-order valence-electron chi connectivity index (χ1n) is 5.62. The van der Waals surface area contributed by atoms with Crippen LogP contribution in [0, 0.1) is 0 Å². The van der Waals surface area contributed by atoms with Crippen molar-refractivity contribution in [1.29, 1.82) is 0 Å². The second kappa shape index (κ2) is 4.96. The molecule has 1 aromatic carbocycles. The van der Waals surface area contributed by atoms with Crippen LogP contribution in [0.4, 0.5) is 0 Å². The predicted octanol–water partition coefficient (Wildman–Crippen LogP) is 2.07. The number of rotatable bonds is 0. The topological polar surface area (TPSA) is 53.5 Å². The van der Waals surface area contributed by atoms with E-state index in [0.29, 0.717) is 43.1 Å². The standard InChI is InChI=1S/C12H11ClN2O3/c13-12-8-5-10-11(6-9(8)14-7-15-12)18-4-2-16-1-3-17-10/h5-7H,1-4H2. The first-order valence-corrected chi connectivity index (χ1v) is 6.00. The molecule has 0 bridgehead atoms. The molecule has 0 saturated heterocycles. The van der Waals surface area contributed by atoms with Gasteiger partial charge in [-0.2, -0.15) is 0 Å². The Morgan fingerprint density at radius 3 is 2.44 bits per heavy atom. The summed E-state index contributed by atoms with van der Waals surface area (Å²) in [6.45, 7) is 2.05. The number of aromatic nitrogens is 2. The Kier molecular flexibility index (Phi) is 3.17. The summed E-state index contributed by atoms with van der Waals surface area (Å²) in [5, 5.41) is 1.16. The van der Waals surface area contributed by atoms with E-state index in [9.17, 15) is 0 Å². The van der Waals surface area contributed by atoms with Gasteiger partial charge in [-0.25, -0.2) is 9.97 Å². The maximum atomic E-state index is 6.03. The van der Waals surface area contributed by atoms with Gasteiger partial charge >= 0.3 is 0 Å². The van der Waals surface area contributed by atoms with Crippen LogP contribution in [0.3, 0.4) is 0 Å². The van der Waals surface area contributed by atoms with Crippen LogP contribution in [0.5, 0.6) is 11.5 Å². The Hall–Kier alpha value is -1.59. The van der Waals surface area contributed by atoms with Crippen molar-refractivity contribution in [3.63, 3.8) is 0 Å². The fraction of sp³-hybridized carbons (Fsp3) is 0.333. The summed E-state index contributed by atoms with van der Waals surface area (Å²) in [4.78, 5) is 8.12. The van der Waals surface area contributed by atoms with E-state index < -0.39 is 0 Å². The summed E-state index contributed by atoms with van der Waals surface area (Å²) in [5.74, 6) is 1.30. The third-order valence-corrected chi connectivity index (χ3v) is 2.92. The molecular weight excluding hydrogens is 256 g/mol. The van der Waals surface area contributed by atoms with Crippen LogP contribution >= 0.6 is 11.6 Å². The van der Waals surface area contributed by atoms with Crippen LogP contribution in [0.2, 0.25) is 5.15 Å². The van der Waals surface area contributed by atoms with Gasteiger partial charge in [-0.3, -0.25) is 0 Å². The molecule has 0 atom stereocenters. The highest BCUT2D eigenvalue weighted by molar-refractivity contribution is 6.34. The van der Waals surface area contributed by atoms with Crippen molar-refractivity contribution in [2.24, 2.45) is 0 Å². The summed E-state index contributed by atoms with van der Waals surface area (Å²) < 4.78 is 16.5. The number of nitrogens with zero attached hydrogens (tertiary/aromatic N) is 2. The van der Waals surface area contributed by atoms with Crippen LogP contribution in [-0.2, 0) is 4.74 Å². The lowest BCUT2D eigenvalue weighted by Gasteiger charge is -2.11. The highest BCUT2D eigenvalue weighted by atomic mass is 35.5. The van der Waals surface area contributed by atoms with Crippen molar-refractivity contribution in [2.75, 3.05) is 26.4 Å². The van der Waals surface area contributed by atoms with Crippen molar-refractivity contribution in [3.05, 3.63) is 23.6 Å². The minimum absolute atomic E-state index is 0.405. The van der Waals surface area contributed by atoms with Gasteiger partial charge in [0.15, 0.2) is 11.5 Å². The fourth-order valence-corrected chi connectivity index (χ4v) is 1.98. The number of ether oxygens (including phenoxy) is 3. The lowest BCUT2D eigenvalue weighted by Crippen LogP contribution is -2.08. The Morgan fingerprint density at radius 2 is 1.67 bits per heavy atom. The second-order valence-corrected chi connectivity index (χ2v) is 4.15. The molecule has 2 heterocycles. The number of hydrogen-bond donors (Lipinski definition) is 0. The van der Waals surface area contributed by atoms with Crippen molar-refractivity contribution in [1.82, 2.24) is 9.97 Å². The summed E-state index contributed by atoms with van der Waals surface area (Å²) in [5.41, 5.74) is 0.734. The highest BCUT2D eigenvalue weighted by Gasteiger charge is 2.12. The number of hydrogen-bond acceptors (Lipinski definition) is 5. The van der Waals surface area contributed by atoms with Crippen LogP contribution < -0.4 is 9.47 Å². The molecule has 3 rings (SSSR count). The van der Waals surface area contributed by atoms with Crippen LogP contribution in [0.25, 0.3) is 10.9 Å². The van der Waals surface area contributed by atoms with Gasteiger partial charge in [0.2, 0.25) is 0 Å². The van der Waals surface area contributed by atoms with Crippen LogP contribution in [0.15, 0.2) is 18.5 Å². The summed E-state index contributed by atoms with van der Waals surface area (Å²) in [6, 6.07) is 3.61. The molecule has 18 heavy (non-hydrogen) atoms. The molecular formula is C12H11ClN2O3. The molecule has 94 valence electrons. The Balaban J connectivity index is 2.10. The predicted molar refractivity (Wildman–Crippen MR) is 66.4 cm³/mol. The SMILES string of the molecule is Clc1ncnc2cc3c(cc12)OCCOCCO3. The second-order valence-electron chi connectivity index (χ2n) is 3.79. The molecule has 0 N–H and O–H groups in total. The van der Waals surface area contributed by atoms with Gasteiger partial charge < -0.3 is 14.2 Å². The van der Waals surface area contributed by atoms with Crippen molar-refractivity contribution >= 4 is 22.5 Å². The van der Waals surface area contributed by atoms with Gasteiger partial charge in [-0.1, -0.05) is 11.6 Å². The molecule has 6 heteroatoms. The zero-order valence-corrected chi connectivity index (χ0v) is 10.3. The molecule has 0 unspecified atom stereocenters. The quantitative estimate of drug-likeness (QED) is 0.683. The molecule has 0 amide bonds. The molecule has 1 aliphatic heterocycles. The van der Waals surface area contributed by atoms with E-state index in [4.69, 9.17) is 25.8 Å². The first kappa shape index (κ1) is 11.5. The Bertz CT molecular complexity index is 576. The molecule has 2 aromatic rings. The van der Waals surface area contributed by atoms with Gasteiger partial charge in [0.1, 0.15) is 24.7 Å². The molecule has 0 fully saturated rings. The summed E-state index contributed by atoms with van der Waals surface area (Å²) >= 11 is 6.03. The fourth-order valence-electron chi connectivity index (χ4n) is 1.78. The van der Waals surface area contributed by atoms with E-state index in [0.717, 1.165) is 10.9 Å². The maximum absolute atomic E-state index is 6.03. The molecule has 0 aliphatic carbocycles. The summed E-state index contributed by atoms with van der Waals surface area (Å²) in [6.07, 6.45) is 1.43. The van der Waals surface area contributed by atoms with Gasteiger partial charge in [-0.05, 0) is 6.07 Å². The molecule has 5 nitrogen and oxygen atoms in total. The Labute approximate surface area is 109 Å². The molecule has 1 aliphatic rings. The van der Waals surface area contributed by atoms with Gasteiger partial charge in [0.05, 0.1) is 18.7 Å². The maximum Gasteiger partial charge on any atom is 0.163 e. The van der Waals surface area contributed by atoms with Gasteiger partial charge in [0, 0.05) is 11.5 Å². The average Bonchev–Trinajstić information content (AvgIpc) is 2.49. The number of benzene rings is 1. The van der Waals surface area contributed by atoms with E-state index in [2.05, 4.69) is 9.97 Å². The zero-order valence-electron chi connectivity index (χ0n) is 9.56. The lowest BCUT2D eigenvalue weighted by molar-refractivity contribution is 0.0877. The normalized spacial score (nSPS) is 15.8. The first-order chi connectivity index (χ1) is 8.84. The van der Waals surface area contributed by atoms with Crippen LogP contribution in [0.1, 0.15) is 0 Å². The van der Waals surface area contributed by atoms with E-state index in [1.165, 1.54) is 6.33 Å². The van der Waals surface area contributed by atoms with Gasteiger partial charge in [0.25, 0.3) is 0 Å². The van der Waals surface area contributed by atoms with E-state index in [1.807, 2.05) is 6.07 Å². The van der Waals surface area contributed by atoms with E-state index in [-0.39, 0.29) is 0 Å². The van der Waals surface area contributed by atoms with E-state index in [1.54, 1.807) is 6.07 Å². The van der Waals surface area contributed by atoms with Crippen molar-refractivity contribution in [3.8, 4) is 11.5 Å². The highest BCUT2D eigenvalue weighted by Crippen LogP contribution is 2.34. The van der Waals surface area contributed by atoms with Gasteiger partial charge in [-0.15, -0.1) is 0 Å². The summed E-state index contributed by atoms with van der Waals surface area (Å²) in [7, 11) is 0.